The first-order valence-corrected chi connectivity index (χ1v) is 14.7. The molecule has 1 atom stereocenters. The summed E-state index contributed by atoms with van der Waals surface area (Å²) in [6, 6.07) is 15.8. The summed E-state index contributed by atoms with van der Waals surface area (Å²) in [4.78, 5) is 33.3. The van der Waals surface area contributed by atoms with E-state index in [4.69, 9.17) is 14.2 Å². The van der Waals surface area contributed by atoms with Crippen LogP contribution in [0.2, 0.25) is 0 Å². The van der Waals surface area contributed by atoms with E-state index in [1.807, 2.05) is 13.0 Å². The molecule has 4 aromatic rings. The lowest BCUT2D eigenvalue weighted by Gasteiger charge is -2.23. The van der Waals surface area contributed by atoms with Crippen molar-refractivity contribution in [3.05, 3.63) is 77.4 Å². The Morgan fingerprint density at radius 2 is 1.74 bits per heavy atom. The van der Waals surface area contributed by atoms with Gasteiger partial charge in [0.2, 0.25) is 0 Å². The molecule has 3 aromatic carbocycles. The molecular formula is C32H32N2O7S. The molecule has 1 saturated heterocycles. The number of aliphatic hydroxyl groups is 1. The summed E-state index contributed by atoms with van der Waals surface area (Å²) in [5.41, 5.74) is 1.33. The van der Waals surface area contributed by atoms with Gasteiger partial charge < -0.3 is 24.4 Å². The predicted molar refractivity (Wildman–Crippen MR) is 162 cm³/mol. The molecule has 1 aliphatic heterocycles. The maximum atomic E-state index is 13.7. The van der Waals surface area contributed by atoms with Crippen molar-refractivity contribution in [2.75, 3.05) is 24.7 Å². The van der Waals surface area contributed by atoms with Crippen molar-refractivity contribution in [2.24, 2.45) is 0 Å². The van der Waals surface area contributed by atoms with Crippen LogP contribution in [0, 0.1) is 0 Å². The monoisotopic (exact) mass is 588 g/mol. The molecule has 0 bridgehead atoms. The van der Waals surface area contributed by atoms with Gasteiger partial charge >= 0.3 is 5.91 Å². The molecule has 10 heteroatoms. The number of aromatic nitrogens is 1. The minimum absolute atomic E-state index is 0.0853. The van der Waals surface area contributed by atoms with E-state index in [1.165, 1.54) is 22.3 Å². The summed E-state index contributed by atoms with van der Waals surface area (Å²) in [5.74, 6) is -0.706. The number of hydrogen-bond acceptors (Lipinski definition) is 9. The van der Waals surface area contributed by atoms with Crippen LogP contribution in [0.25, 0.3) is 16.0 Å². The minimum atomic E-state index is -1.04. The van der Waals surface area contributed by atoms with Crippen LogP contribution < -0.4 is 19.1 Å². The average Bonchev–Trinajstić information content (AvgIpc) is 3.52. The fourth-order valence-corrected chi connectivity index (χ4v) is 5.81. The summed E-state index contributed by atoms with van der Waals surface area (Å²) in [5, 5.41) is 22.2. The van der Waals surface area contributed by atoms with Crippen molar-refractivity contribution in [1.82, 2.24) is 4.98 Å². The molecule has 0 saturated carbocycles. The zero-order valence-corrected chi connectivity index (χ0v) is 24.4. The van der Waals surface area contributed by atoms with Crippen LogP contribution in [0.1, 0.15) is 50.8 Å². The summed E-state index contributed by atoms with van der Waals surface area (Å²) in [7, 11) is 0. The predicted octanol–water partition coefficient (Wildman–Crippen LogP) is 6.60. The van der Waals surface area contributed by atoms with Gasteiger partial charge in [0.25, 0.3) is 5.78 Å². The normalized spacial score (nSPS) is 16.3. The minimum Gasteiger partial charge on any atom is -0.507 e. The Labute approximate surface area is 247 Å². The van der Waals surface area contributed by atoms with Crippen molar-refractivity contribution in [2.45, 2.75) is 39.7 Å². The second-order valence-electron chi connectivity index (χ2n) is 9.62. The average molecular weight is 589 g/mol. The number of ether oxygens (including phenoxy) is 3. The lowest BCUT2D eigenvalue weighted by Crippen LogP contribution is -2.29. The summed E-state index contributed by atoms with van der Waals surface area (Å²) in [6.45, 7) is 7.05. The fraction of sp³-hybridized carbons (Fsp3) is 0.281. The fourth-order valence-electron chi connectivity index (χ4n) is 4.79. The maximum absolute atomic E-state index is 13.7. The smallest absolute Gasteiger partial charge is 0.301 e. The molecule has 5 rings (SSSR count). The highest BCUT2D eigenvalue weighted by molar-refractivity contribution is 7.22. The zero-order chi connectivity index (χ0) is 29.8. The van der Waals surface area contributed by atoms with E-state index in [0.717, 1.165) is 17.5 Å². The van der Waals surface area contributed by atoms with Gasteiger partial charge in [-0.25, -0.2) is 4.98 Å². The van der Waals surface area contributed by atoms with E-state index in [0.29, 0.717) is 48.0 Å². The van der Waals surface area contributed by atoms with Crippen molar-refractivity contribution in [3.8, 4) is 23.0 Å². The molecule has 0 radical (unpaired) electrons. The van der Waals surface area contributed by atoms with Crippen LogP contribution in [0.5, 0.6) is 23.0 Å². The first kappa shape index (κ1) is 28.9. The molecule has 1 unspecified atom stereocenters. The quantitative estimate of drug-likeness (QED) is 0.0870. The molecule has 0 spiro atoms. The highest BCUT2D eigenvalue weighted by atomic mass is 32.1. The molecule has 42 heavy (non-hydrogen) atoms. The number of Topliss-reactive ketones (excluding diaryl/α,β-unsaturated/α-hetero) is 1. The number of fused-ring (bicyclic) bond motifs is 1. The first-order valence-electron chi connectivity index (χ1n) is 13.9. The summed E-state index contributed by atoms with van der Waals surface area (Å²) in [6.07, 6.45) is 1.84. The van der Waals surface area contributed by atoms with Crippen LogP contribution in [0.3, 0.4) is 0 Å². The number of rotatable bonds is 11. The second-order valence-corrected chi connectivity index (χ2v) is 10.6. The Bertz CT molecular complexity index is 1660. The number of unbranched alkanes of at least 4 members (excludes halogenated alkanes) is 1. The molecule has 0 aliphatic carbocycles. The van der Waals surface area contributed by atoms with Crippen LogP contribution >= 0.6 is 11.3 Å². The van der Waals surface area contributed by atoms with Crippen molar-refractivity contribution in [1.29, 1.82) is 0 Å². The van der Waals surface area contributed by atoms with E-state index in [9.17, 15) is 19.8 Å². The SMILES string of the molecule is CCCCOc1cccc(C(O)=C2C(=O)C(=O)N(c3nc4ccc(OCC)cc4s3)C2c2ccc(O)c(OCC)c2)c1. The number of amides is 1. The molecule has 2 heterocycles. The number of thiazole rings is 1. The number of benzene rings is 3. The number of carbonyl (C=O) groups excluding carboxylic acids is 2. The third kappa shape index (κ3) is 5.62. The molecule has 9 nitrogen and oxygen atoms in total. The van der Waals surface area contributed by atoms with E-state index < -0.39 is 17.7 Å². The van der Waals surface area contributed by atoms with Gasteiger partial charge in [0.05, 0.1) is 41.7 Å². The molecular weight excluding hydrogens is 556 g/mol. The third-order valence-corrected chi connectivity index (χ3v) is 7.80. The lowest BCUT2D eigenvalue weighted by molar-refractivity contribution is -0.132. The first-order chi connectivity index (χ1) is 20.4. The van der Waals surface area contributed by atoms with Gasteiger partial charge in [-0.2, -0.15) is 0 Å². The van der Waals surface area contributed by atoms with Gasteiger partial charge in [-0.1, -0.05) is 42.9 Å². The van der Waals surface area contributed by atoms with Gasteiger partial charge in [0.15, 0.2) is 16.6 Å². The highest BCUT2D eigenvalue weighted by Crippen LogP contribution is 2.46. The van der Waals surface area contributed by atoms with E-state index in [-0.39, 0.29) is 28.0 Å². The number of carbonyl (C=O) groups is 2. The number of ketones is 1. The summed E-state index contributed by atoms with van der Waals surface area (Å²) < 4.78 is 17.8. The molecule has 1 aliphatic rings. The van der Waals surface area contributed by atoms with Gasteiger partial charge in [0.1, 0.15) is 17.3 Å². The number of phenolic OH excluding ortho intramolecular Hbond substituents is 1. The van der Waals surface area contributed by atoms with E-state index in [1.54, 1.807) is 55.5 Å². The number of aliphatic hydroxyl groups excluding tert-OH is 1. The van der Waals surface area contributed by atoms with Gasteiger partial charge in [0, 0.05) is 5.56 Å². The molecule has 218 valence electrons. The van der Waals surface area contributed by atoms with Crippen LogP contribution in [0.4, 0.5) is 5.13 Å². The third-order valence-electron chi connectivity index (χ3n) is 6.78. The Hall–Kier alpha value is -4.57. The standard InChI is InChI=1S/C32H32N2O7S/c1-4-7-15-41-21-10-8-9-20(16-21)29(36)27-28(19-11-14-24(35)25(17-19)40-6-3)34(31(38)30(27)37)32-33-23-13-12-22(39-5-2)18-26(23)42-32/h8-14,16-18,28,35-36H,4-7,15H2,1-3H3. The van der Waals surface area contributed by atoms with Crippen molar-refractivity contribution in [3.63, 3.8) is 0 Å². The number of anilines is 1. The second kappa shape index (κ2) is 12.5. The molecule has 1 aromatic heterocycles. The number of aromatic hydroxyl groups is 1. The Morgan fingerprint density at radius 3 is 2.50 bits per heavy atom. The van der Waals surface area contributed by atoms with E-state index >= 15 is 0 Å². The number of phenols is 1. The van der Waals surface area contributed by atoms with Crippen LogP contribution in [-0.4, -0.2) is 46.7 Å². The van der Waals surface area contributed by atoms with Gasteiger partial charge in [-0.3, -0.25) is 14.5 Å². The highest BCUT2D eigenvalue weighted by Gasteiger charge is 2.48. The largest absolute Gasteiger partial charge is 0.507 e. The Morgan fingerprint density at radius 1 is 0.952 bits per heavy atom. The van der Waals surface area contributed by atoms with E-state index in [2.05, 4.69) is 11.9 Å². The molecule has 2 N–H and O–H groups in total. The van der Waals surface area contributed by atoms with Crippen molar-refractivity contribution < 1.29 is 34.0 Å². The topological polar surface area (TPSA) is 118 Å². The zero-order valence-electron chi connectivity index (χ0n) is 23.6. The number of nitrogens with zero attached hydrogens (tertiary/aromatic N) is 2. The van der Waals surface area contributed by atoms with Gasteiger partial charge in [-0.15, -0.1) is 0 Å². The number of hydrogen-bond donors (Lipinski definition) is 2. The molecule has 1 fully saturated rings. The molecule has 1 amide bonds. The van der Waals surface area contributed by atoms with Crippen molar-refractivity contribution >= 4 is 44.1 Å². The lowest BCUT2D eigenvalue weighted by atomic mass is 9.95. The Balaban J connectivity index is 1.66. The maximum Gasteiger partial charge on any atom is 0.301 e. The summed E-state index contributed by atoms with van der Waals surface area (Å²) >= 11 is 1.24. The van der Waals surface area contributed by atoms with Gasteiger partial charge in [-0.05, 0) is 68.3 Å². The van der Waals surface area contributed by atoms with Crippen LogP contribution in [-0.2, 0) is 9.59 Å². The Kier molecular flexibility index (Phi) is 8.63. The van der Waals surface area contributed by atoms with Crippen LogP contribution in [0.15, 0.2) is 66.2 Å².